The molecule has 0 spiro atoms. The first-order chi connectivity index (χ1) is 8.57. The number of hydrogen-bond donors (Lipinski definition) is 1. The van der Waals surface area contributed by atoms with E-state index in [0.29, 0.717) is 6.04 Å². The van der Waals surface area contributed by atoms with Crippen LogP contribution in [0.15, 0.2) is 0 Å². The summed E-state index contributed by atoms with van der Waals surface area (Å²) in [6.07, 6.45) is 3.07. The van der Waals surface area contributed by atoms with Crippen molar-refractivity contribution in [2.45, 2.75) is 58.2 Å². The zero-order valence-electron chi connectivity index (χ0n) is 11.9. The van der Waals surface area contributed by atoms with Gasteiger partial charge >= 0.3 is 0 Å². The molecule has 1 N–H and O–H groups in total. The Kier molecular flexibility index (Phi) is 4.02. The van der Waals surface area contributed by atoms with Crippen molar-refractivity contribution in [1.29, 1.82) is 0 Å². The molecule has 0 fully saturated rings. The molecular weight excluding hydrogens is 228 g/mol. The lowest BCUT2D eigenvalue weighted by Gasteiger charge is -2.27. The normalized spacial score (nSPS) is 19.9. The second-order valence-electron chi connectivity index (χ2n) is 5.56. The summed E-state index contributed by atoms with van der Waals surface area (Å²) in [6.45, 7) is 8.32. The summed E-state index contributed by atoms with van der Waals surface area (Å²) < 4.78 is 7.74. The lowest BCUT2D eigenvalue weighted by atomic mass is 10.0. The van der Waals surface area contributed by atoms with Crippen molar-refractivity contribution in [2.24, 2.45) is 0 Å². The fraction of sp³-hybridized carbons (Fsp3) is 0.846. The fourth-order valence-corrected chi connectivity index (χ4v) is 2.40. The van der Waals surface area contributed by atoms with Gasteiger partial charge < -0.3 is 14.6 Å². The molecule has 18 heavy (non-hydrogen) atoms. The zero-order valence-corrected chi connectivity index (χ0v) is 11.9. The molecule has 102 valence electrons. The second kappa shape index (κ2) is 5.36. The summed E-state index contributed by atoms with van der Waals surface area (Å²) in [5, 5.41) is 12.2. The molecule has 0 aromatic carbocycles. The van der Waals surface area contributed by atoms with E-state index in [1.807, 2.05) is 0 Å². The van der Waals surface area contributed by atoms with E-state index < -0.39 is 0 Å². The number of fused-ring (bicyclic) bond motifs is 1. The molecule has 2 rings (SSSR count). The molecule has 2 heterocycles. The SMILES string of the molecule is CCCC1NCCn2c(CC(C)(C)OC)nnc21. The molecule has 0 bridgehead atoms. The Morgan fingerprint density at radius 3 is 2.89 bits per heavy atom. The van der Waals surface area contributed by atoms with E-state index in [4.69, 9.17) is 4.74 Å². The summed E-state index contributed by atoms with van der Waals surface area (Å²) in [4.78, 5) is 0. The number of methoxy groups -OCH3 is 1. The Bertz CT molecular complexity index is 400. The van der Waals surface area contributed by atoms with Gasteiger partial charge in [0.1, 0.15) is 11.6 Å². The lowest BCUT2D eigenvalue weighted by Crippen LogP contribution is -2.35. The average Bonchev–Trinajstić information content (AvgIpc) is 2.74. The van der Waals surface area contributed by atoms with E-state index in [9.17, 15) is 0 Å². The van der Waals surface area contributed by atoms with Crippen LogP contribution < -0.4 is 5.32 Å². The quantitative estimate of drug-likeness (QED) is 0.866. The van der Waals surface area contributed by atoms with Crippen LogP contribution >= 0.6 is 0 Å². The van der Waals surface area contributed by atoms with Gasteiger partial charge in [0.2, 0.25) is 0 Å². The van der Waals surface area contributed by atoms with Crippen LogP contribution in [-0.4, -0.2) is 34.0 Å². The van der Waals surface area contributed by atoms with Crippen LogP contribution in [0.25, 0.3) is 0 Å². The summed E-state index contributed by atoms with van der Waals surface area (Å²) in [7, 11) is 1.74. The fourth-order valence-electron chi connectivity index (χ4n) is 2.40. The Morgan fingerprint density at radius 2 is 2.22 bits per heavy atom. The first kappa shape index (κ1) is 13.5. The number of rotatable bonds is 5. The van der Waals surface area contributed by atoms with E-state index in [2.05, 4.69) is 40.9 Å². The zero-order chi connectivity index (χ0) is 13.2. The minimum Gasteiger partial charge on any atom is -0.378 e. The Labute approximate surface area is 109 Å². The van der Waals surface area contributed by atoms with Gasteiger partial charge in [-0.2, -0.15) is 0 Å². The van der Waals surface area contributed by atoms with Crippen molar-refractivity contribution in [3.63, 3.8) is 0 Å². The lowest BCUT2D eigenvalue weighted by molar-refractivity contribution is 0.0207. The van der Waals surface area contributed by atoms with E-state index in [1.54, 1.807) is 7.11 Å². The molecule has 1 aromatic rings. The maximum Gasteiger partial charge on any atom is 0.150 e. The largest absolute Gasteiger partial charge is 0.378 e. The minimum atomic E-state index is -0.186. The Morgan fingerprint density at radius 1 is 1.44 bits per heavy atom. The highest BCUT2D eigenvalue weighted by atomic mass is 16.5. The van der Waals surface area contributed by atoms with Crippen molar-refractivity contribution < 1.29 is 4.74 Å². The number of nitrogens with one attached hydrogen (secondary N) is 1. The van der Waals surface area contributed by atoms with Gasteiger partial charge in [-0.05, 0) is 20.3 Å². The number of nitrogens with zero attached hydrogens (tertiary/aromatic N) is 3. The molecule has 0 saturated carbocycles. The van der Waals surface area contributed by atoms with Crippen LogP contribution in [0.5, 0.6) is 0 Å². The average molecular weight is 252 g/mol. The van der Waals surface area contributed by atoms with Gasteiger partial charge in [-0.1, -0.05) is 13.3 Å². The summed E-state index contributed by atoms with van der Waals surface area (Å²) in [5.41, 5.74) is -0.186. The summed E-state index contributed by atoms with van der Waals surface area (Å²) in [5.74, 6) is 2.13. The van der Waals surface area contributed by atoms with E-state index in [0.717, 1.165) is 44.0 Å². The first-order valence-corrected chi connectivity index (χ1v) is 6.78. The highest BCUT2D eigenvalue weighted by Gasteiger charge is 2.27. The van der Waals surface area contributed by atoms with Crippen LogP contribution in [0.2, 0.25) is 0 Å². The minimum absolute atomic E-state index is 0.186. The molecule has 5 nitrogen and oxygen atoms in total. The van der Waals surface area contributed by atoms with Gasteiger partial charge in [0.25, 0.3) is 0 Å². The van der Waals surface area contributed by atoms with Crippen molar-refractivity contribution in [3.8, 4) is 0 Å². The van der Waals surface area contributed by atoms with E-state index in [-0.39, 0.29) is 5.60 Å². The highest BCUT2D eigenvalue weighted by Crippen LogP contribution is 2.23. The molecule has 0 radical (unpaired) electrons. The smallest absolute Gasteiger partial charge is 0.150 e. The van der Waals surface area contributed by atoms with Gasteiger partial charge in [-0.15, -0.1) is 10.2 Å². The molecule has 1 aliphatic heterocycles. The van der Waals surface area contributed by atoms with Crippen LogP contribution in [-0.2, 0) is 17.7 Å². The molecular formula is C13H24N4O. The maximum atomic E-state index is 5.48. The van der Waals surface area contributed by atoms with Crippen LogP contribution in [0.1, 0.15) is 51.3 Å². The second-order valence-corrected chi connectivity index (χ2v) is 5.56. The van der Waals surface area contributed by atoms with Crippen molar-refractivity contribution in [3.05, 3.63) is 11.6 Å². The third kappa shape index (κ3) is 2.72. The predicted molar refractivity (Wildman–Crippen MR) is 70.5 cm³/mol. The number of ether oxygens (including phenoxy) is 1. The van der Waals surface area contributed by atoms with E-state index in [1.165, 1.54) is 0 Å². The van der Waals surface area contributed by atoms with Crippen molar-refractivity contribution in [1.82, 2.24) is 20.1 Å². The molecule has 5 heteroatoms. The maximum absolute atomic E-state index is 5.48. The molecule has 1 aliphatic rings. The molecule has 0 saturated heterocycles. The van der Waals surface area contributed by atoms with E-state index >= 15 is 0 Å². The third-order valence-electron chi connectivity index (χ3n) is 3.61. The van der Waals surface area contributed by atoms with Crippen LogP contribution in [0.4, 0.5) is 0 Å². The van der Waals surface area contributed by atoms with Gasteiger partial charge in [0, 0.05) is 26.6 Å². The summed E-state index contributed by atoms with van der Waals surface area (Å²) in [6, 6.07) is 0.357. The molecule has 0 aliphatic carbocycles. The van der Waals surface area contributed by atoms with Crippen molar-refractivity contribution in [2.75, 3.05) is 13.7 Å². The van der Waals surface area contributed by atoms with Gasteiger partial charge in [0.05, 0.1) is 11.6 Å². The van der Waals surface area contributed by atoms with Gasteiger partial charge in [0.15, 0.2) is 0 Å². The summed E-state index contributed by atoms with van der Waals surface area (Å²) >= 11 is 0. The Hall–Kier alpha value is -0.940. The van der Waals surface area contributed by atoms with Gasteiger partial charge in [-0.3, -0.25) is 0 Å². The van der Waals surface area contributed by atoms with Crippen LogP contribution in [0, 0.1) is 0 Å². The number of aromatic nitrogens is 3. The van der Waals surface area contributed by atoms with Crippen LogP contribution in [0.3, 0.4) is 0 Å². The van der Waals surface area contributed by atoms with Crippen molar-refractivity contribution >= 4 is 0 Å². The first-order valence-electron chi connectivity index (χ1n) is 6.78. The Balaban J connectivity index is 2.20. The molecule has 0 amide bonds. The standard InChI is InChI=1S/C13H24N4O/c1-5-6-10-12-16-15-11(9-13(2,3)18-4)17(12)8-7-14-10/h10,14H,5-9H2,1-4H3. The highest BCUT2D eigenvalue weighted by molar-refractivity contribution is 5.06. The molecule has 1 aromatic heterocycles. The monoisotopic (exact) mass is 252 g/mol. The predicted octanol–water partition coefficient (Wildman–Crippen LogP) is 1.69. The molecule has 1 atom stereocenters. The number of hydrogen-bond acceptors (Lipinski definition) is 4. The molecule has 1 unspecified atom stereocenters. The van der Waals surface area contributed by atoms with Gasteiger partial charge in [-0.25, -0.2) is 0 Å². The topological polar surface area (TPSA) is 52.0 Å². The third-order valence-corrected chi connectivity index (χ3v) is 3.61.